The molecule has 0 fully saturated rings. The van der Waals surface area contributed by atoms with Crippen LogP contribution in [-0.4, -0.2) is 13.9 Å². The Morgan fingerprint density at radius 3 is 2.22 bits per heavy atom. The van der Waals surface area contributed by atoms with Gasteiger partial charge in [-0.05, 0) is 16.6 Å². The molecule has 0 amide bonds. The Hall–Kier alpha value is -0.893. The van der Waals surface area contributed by atoms with Crippen molar-refractivity contribution in [2.45, 2.75) is 58.7 Å². The number of carbonyl (C=O) groups excluding carboxylic acids is 1. The lowest BCUT2D eigenvalue weighted by Gasteiger charge is -2.38. The van der Waals surface area contributed by atoms with Gasteiger partial charge >= 0.3 is 0 Å². The summed E-state index contributed by atoms with van der Waals surface area (Å²) in [4.78, 5) is 12.3. The maximum Gasteiger partial charge on any atom is 0.162 e. The number of rotatable bonds is 4. The molecule has 0 aliphatic carbocycles. The second-order valence-corrected chi connectivity index (χ2v) is 11.9. The fourth-order valence-electron chi connectivity index (χ4n) is 2.04. The first-order valence-corrected chi connectivity index (χ1v) is 9.84. The summed E-state index contributed by atoms with van der Waals surface area (Å²) in [6.45, 7) is 13.7. The largest absolute Gasteiger partial charge is 0.294 e. The fraction of sp³-hybridized carbons (Fsp3) is 0.562. The molecule has 0 saturated heterocycles. The molecule has 18 heavy (non-hydrogen) atoms. The molecule has 0 N–H and O–H groups in total. The normalized spacial score (nSPS) is 12.6. The minimum Gasteiger partial charge on any atom is -0.294 e. The molecule has 0 aromatic heterocycles. The quantitative estimate of drug-likeness (QED) is 0.581. The van der Waals surface area contributed by atoms with Crippen molar-refractivity contribution < 1.29 is 4.79 Å². The summed E-state index contributed by atoms with van der Waals surface area (Å²) < 4.78 is 0. The molecule has 0 aliphatic rings. The van der Waals surface area contributed by atoms with Gasteiger partial charge in [0.2, 0.25) is 0 Å². The van der Waals surface area contributed by atoms with Gasteiger partial charge in [0.05, 0.1) is 8.07 Å². The molecule has 1 aromatic carbocycles. The minimum atomic E-state index is -1.64. The van der Waals surface area contributed by atoms with E-state index in [1.165, 1.54) is 5.19 Å². The summed E-state index contributed by atoms with van der Waals surface area (Å²) in [7, 11) is -1.64. The first-order valence-electron chi connectivity index (χ1n) is 6.84. The highest BCUT2D eigenvalue weighted by atomic mass is 28.3. The smallest absolute Gasteiger partial charge is 0.162 e. The van der Waals surface area contributed by atoms with Crippen LogP contribution < -0.4 is 5.19 Å². The van der Waals surface area contributed by atoms with E-state index < -0.39 is 8.07 Å². The predicted molar refractivity (Wildman–Crippen MR) is 82.5 cm³/mol. The first kappa shape index (κ1) is 15.2. The SMILES string of the molecule is CCCC(=O)c1ccccc1[Si](C)(C)C(C)(C)C. The molecule has 0 spiro atoms. The van der Waals surface area contributed by atoms with Gasteiger partial charge in [0, 0.05) is 12.0 Å². The van der Waals surface area contributed by atoms with Crippen molar-refractivity contribution in [1.82, 2.24) is 0 Å². The number of benzene rings is 1. The first-order chi connectivity index (χ1) is 8.21. The number of carbonyl (C=O) groups is 1. The van der Waals surface area contributed by atoms with Crippen LogP contribution in [0.5, 0.6) is 0 Å². The molecular weight excluding hydrogens is 236 g/mol. The van der Waals surface area contributed by atoms with Crippen LogP contribution in [0.25, 0.3) is 0 Å². The van der Waals surface area contributed by atoms with Crippen molar-refractivity contribution in [3.05, 3.63) is 29.8 Å². The van der Waals surface area contributed by atoms with E-state index in [0.717, 1.165) is 12.0 Å². The number of Topliss-reactive ketones (excluding diaryl/α,β-unsaturated/α-hetero) is 1. The second-order valence-electron chi connectivity index (χ2n) is 6.59. The van der Waals surface area contributed by atoms with Crippen LogP contribution >= 0.6 is 0 Å². The molecule has 100 valence electrons. The van der Waals surface area contributed by atoms with Gasteiger partial charge in [-0.25, -0.2) is 0 Å². The van der Waals surface area contributed by atoms with Gasteiger partial charge in [-0.2, -0.15) is 0 Å². The van der Waals surface area contributed by atoms with Crippen molar-refractivity contribution in [1.29, 1.82) is 0 Å². The second kappa shape index (κ2) is 5.39. The molecule has 0 radical (unpaired) electrons. The van der Waals surface area contributed by atoms with E-state index in [2.05, 4.69) is 52.9 Å². The van der Waals surface area contributed by atoms with E-state index in [4.69, 9.17) is 0 Å². The van der Waals surface area contributed by atoms with Gasteiger partial charge in [0.15, 0.2) is 5.78 Å². The van der Waals surface area contributed by atoms with Crippen molar-refractivity contribution in [2.24, 2.45) is 0 Å². The summed E-state index contributed by atoms with van der Waals surface area (Å²) in [6, 6.07) is 8.23. The van der Waals surface area contributed by atoms with Crippen LogP contribution in [0.4, 0.5) is 0 Å². The van der Waals surface area contributed by atoms with E-state index in [9.17, 15) is 4.79 Å². The third-order valence-electron chi connectivity index (χ3n) is 4.25. The summed E-state index contributed by atoms with van der Waals surface area (Å²) in [5.74, 6) is 0.304. The zero-order valence-corrected chi connectivity index (χ0v) is 13.6. The Labute approximate surface area is 113 Å². The predicted octanol–water partition coefficient (Wildman–Crippen LogP) is 4.38. The molecule has 0 unspecified atom stereocenters. The Morgan fingerprint density at radius 2 is 1.72 bits per heavy atom. The van der Waals surface area contributed by atoms with Gasteiger partial charge in [0.25, 0.3) is 0 Å². The summed E-state index contributed by atoms with van der Waals surface area (Å²) in [6.07, 6.45) is 1.58. The van der Waals surface area contributed by atoms with Crippen molar-refractivity contribution in [3.8, 4) is 0 Å². The van der Waals surface area contributed by atoms with Gasteiger partial charge in [-0.3, -0.25) is 4.79 Å². The maximum atomic E-state index is 12.3. The topological polar surface area (TPSA) is 17.1 Å². The van der Waals surface area contributed by atoms with E-state index in [0.29, 0.717) is 12.2 Å². The minimum absolute atomic E-state index is 0.260. The Kier molecular flexibility index (Phi) is 4.54. The molecular formula is C16H26OSi. The van der Waals surface area contributed by atoms with Gasteiger partial charge in [-0.1, -0.05) is 65.1 Å². The van der Waals surface area contributed by atoms with Crippen LogP contribution in [0.3, 0.4) is 0 Å². The van der Waals surface area contributed by atoms with Gasteiger partial charge in [0.1, 0.15) is 0 Å². The molecule has 1 rings (SSSR count). The highest BCUT2D eigenvalue weighted by Gasteiger charge is 2.38. The molecule has 0 saturated carbocycles. The molecule has 0 bridgehead atoms. The lowest BCUT2D eigenvalue weighted by atomic mass is 10.1. The third-order valence-corrected chi connectivity index (χ3v) is 9.79. The van der Waals surface area contributed by atoms with Gasteiger partial charge < -0.3 is 0 Å². The summed E-state index contributed by atoms with van der Waals surface area (Å²) in [5, 5.41) is 1.58. The summed E-state index contributed by atoms with van der Waals surface area (Å²) >= 11 is 0. The lowest BCUT2D eigenvalue weighted by Crippen LogP contribution is -2.51. The summed E-state index contributed by atoms with van der Waals surface area (Å²) in [5.41, 5.74) is 0.964. The Morgan fingerprint density at radius 1 is 1.17 bits per heavy atom. The molecule has 0 heterocycles. The highest BCUT2D eigenvalue weighted by molar-refractivity contribution is 6.92. The number of hydrogen-bond acceptors (Lipinski definition) is 1. The van der Waals surface area contributed by atoms with Crippen molar-refractivity contribution >= 4 is 19.0 Å². The molecule has 1 nitrogen and oxygen atoms in total. The zero-order valence-electron chi connectivity index (χ0n) is 12.6. The average Bonchev–Trinajstić information content (AvgIpc) is 2.28. The van der Waals surface area contributed by atoms with Crippen molar-refractivity contribution in [2.75, 3.05) is 0 Å². The van der Waals surface area contributed by atoms with Crippen molar-refractivity contribution in [3.63, 3.8) is 0 Å². The van der Waals surface area contributed by atoms with E-state index >= 15 is 0 Å². The Balaban J connectivity index is 3.30. The number of ketones is 1. The highest BCUT2D eigenvalue weighted by Crippen LogP contribution is 2.36. The number of hydrogen-bond donors (Lipinski definition) is 0. The van der Waals surface area contributed by atoms with Crippen LogP contribution in [0.2, 0.25) is 18.1 Å². The van der Waals surface area contributed by atoms with Gasteiger partial charge in [-0.15, -0.1) is 0 Å². The Bertz CT molecular complexity index is 427. The maximum absolute atomic E-state index is 12.3. The molecule has 1 aromatic rings. The van der Waals surface area contributed by atoms with E-state index in [1.807, 2.05) is 12.1 Å². The molecule has 2 heteroatoms. The van der Waals surface area contributed by atoms with Crippen LogP contribution in [0, 0.1) is 0 Å². The molecule has 0 atom stereocenters. The lowest BCUT2D eigenvalue weighted by molar-refractivity contribution is 0.0982. The monoisotopic (exact) mass is 262 g/mol. The third kappa shape index (κ3) is 2.92. The zero-order chi connectivity index (χ0) is 14.0. The fourth-order valence-corrected chi connectivity index (χ4v) is 4.25. The standard InChI is InChI=1S/C16H26OSi/c1-7-10-14(17)13-11-8-9-12-15(13)18(5,6)16(2,3)4/h8-9,11-12H,7,10H2,1-6H3. The average molecular weight is 262 g/mol. The molecule has 0 aliphatic heterocycles. The van der Waals surface area contributed by atoms with Crippen LogP contribution in [0.1, 0.15) is 50.9 Å². The van der Waals surface area contributed by atoms with E-state index in [-0.39, 0.29) is 5.04 Å². The van der Waals surface area contributed by atoms with Crippen LogP contribution in [-0.2, 0) is 0 Å². The van der Waals surface area contributed by atoms with Crippen LogP contribution in [0.15, 0.2) is 24.3 Å². The van der Waals surface area contributed by atoms with E-state index in [1.54, 1.807) is 0 Å².